The molecule has 0 radical (unpaired) electrons. The molecule has 2 rings (SSSR count). The van der Waals surface area contributed by atoms with Crippen LogP contribution in [0.25, 0.3) is 0 Å². The summed E-state index contributed by atoms with van der Waals surface area (Å²) in [5.41, 5.74) is 1.38. The van der Waals surface area contributed by atoms with Crippen LogP contribution in [0.5, 0.6) is 0 Å². The van der Waals surface area contributed by atoms with E-state index in [9.17, 15) is 9.59 Å². The summed E-state index contributed by atoms with van der Waals surface area (Å²) in [6.07, 6.45) is 0. The van der Waals surface area contributed by atoms with Crippen LogP contribution in [-0.2, 0) is 9.59 Å². The molecule has 120 valence electrons. The summed E-state index contributed by atoms with van der Waals surface area (Å²) in [5.74, 6) is -0.216. The van der Waals surface area contributed by atoms with Gasteiger partial charge in [0.25, 0.3) is 0 Å². The van der Waals surface area contributed by atoms with Crippen LogP contribution in [0.1, 0.15) is 13.8 Å². The van der Waals surface area contributed by atoms with Crippen molar-refractivity contribution in [3.8, 4) is 0 Å². The maximum absolute atomic E-state index is 12.2. The smallest absolute Gasteiger partial charge is 0.237 e. The third-order valence-electron chi connectivity index (χ3n) is 2.97. The maximum Gasteiger partial charge on any atom is 0.237 e. The van der Waals surface area contributed by atoms with Gasteiger partial charge in [-0.15, -0.1) is 11.8 Å². The highest BCUT2D eigenvalue weighted by Gasteiger charge is 2.14. The Labute approximate surface area is 144 Å². The second-order valence-electron chi connectivity index (χ2n) is 4.96. The van der Waals surface area contributed by atoms with Gasteiger partial charge in [0.2, 0.25) is 11.8 Å². The van der Waals surface area contributed by atoms with Crippen molar-refractivity contribution < 1.29 is 9.59 Å². The molecule has 0 spiro atoms. The molecule has 0 saturated heterocycles. The molecule has 0 aliphatic rings. The first-order chi connectivity index (χ1) is 10.9. The Morgan fingerprint density at radius 3 is 2.00 bits per heavy atom. The summed E-state index contributed by atoms with van der Waals surface area (Å²) in [4.78, 5) is 24.2. The number of rotatable bonds is 5. The van der Waals surface area contributed by atoms with Crippen LogP contribution in [-0.4, -0.2) is 17.1 Å². The Hall–Kier alpha value is -1.98. The highest BCUT2D eigenvalue weighted by Crippen LogP contribution is 2.25. The molecular weight excluding hydrogens is 332 g/mol. The molecule has 6 heteroatoms. The Kier molecular flexibility index (Phi) is 6.07. The zero-order chi connectivity index (χ0) is 16.8. The van der Waals surface area contributed by atoms with E-state index in [-0.39, 0.29) is 17.1 Å². The lowest BCUT2D eigenvalue weighted by molar-refractivity contribution is -0.115. The summed E-state index contributed by atoms with van der Waals surface area (Å²) in [6, 6.07) is 14.4. The molecule has 2 aromatic rings. The van der Waals surface area contributed by atoms with Crippen molar-refractivity contribution in [3.63, 3.8) is 0 Å². The first-order valence-corrected chi connectivity index (χ1v) is 8.30. The standard InChI is InChI=1S/C17H17ClN2O2S/c1-11(23-16-9-3-13(18)4-10-16)17(22)20-15-7-5-14(6-8-15)19-12(2)21/h3-11H,1-2H3,(H,19,21)(H,20,22). The lowest BCUT2D eigenvalue weighted by atomic mass is 10.2. The molecule has 0 saturated carbocycles. The molecule has 0 bridgehead atoms. The normalized spacial score (nSPS) is 11.6. The first-order valence-electron chi connectivity index (χ1n) is 7.05. The molecule has 0 aromatic heterocycles. The van der Waals surface area contributed by atoms with Crippen LogP contribution in [0.15, 0.2) is 53.4 Å². The highest BCUT2D eigenvalue weighted by molar-refractivity contribution is 8.00. The molecule has 0 aliphatic carbocycles. The molecule has 1 atom stereocenters. The van der Waals surface area contributed by atoms with Crippen molar-refractivity contribution in [1.82, 2.24) is 0 Å². The molecule has 4 nitrogen and oxygen atoms in total. The number of halogens is 1. The number of thioether (sulfide) groups is 1. The van der Waals surface area contributed by atoms with Crippen LogP contribution in [0.2, 0.25) is 5.02 Å². The lowest BCUT2D eigenvalue weighted by Gasteiger charge is -2.12. The van der Waals surface area contributed by atoms with Gasteiger partial charge in [-0.1, -0.05) is 11.6 Å². The largest absolute Gasteiger partial charge is 0.326 e. The number of hydrogen-bond donors (Lipinski definition) is 2. The average Bonchev–Trinajstić information content (AvgIpc) is 2.51. The van der Waals surface area contributed by atoms with E-state index in [1.54, 1.807) is 36.4 Å². The van der Waals surface area contributed by atoms with Crippen molar-refractivity contribution in [3.05, 3.63) is 53.6 Å². The minimum Gasteiger partial charge on any atom is -0.326 e. The van der Waals surface area contributed by atoms with Crippen LogP contribution in [0.3, 0.4) is 0 Å². The molecular formula is C17H17ClN2O2S. The maximum atomic E-state index is 12.2. The highest BCUT2D eigenvalue weighted by atomic mass is 35.5. The van der Waals surface area contributed by atoms with Gasteiger partial charge in [-0.25, -0.2) is 0 Å². The van der Waals surface area contributed by atoms with Gasteiger partial charge < -0.3 is 10.6 Å². The summed E-state index contributed by atoms with van der Waals surface area (Å²) in [6.45, 7) is 3.30. The summed E-state index contributed by atoms with van der Waals surface area (Å²) >= 11 is 7.31. The molecule has 2 amide bonds. The fourth-order valence-corrected chi connectivity index (χ4v) is 2.85. The van der Waals surface area contributed by atoms with E-state index < -0.39 is 0 Å². The predicted molar refractivity (Wildman–Crippen MR) is 96.1 cm³/mol. The predicted octanol–water partition coefficient (Wildman–Crippen LogP) is 4.42. The number of benzene rings is 2. The zero-order valence-corrected chi connectivity index (χ0v) is 14.4. The van der Waals surface area contributed by atoms with E-state index >= 15 is 0 Å². The second kappa shape index (κ2) is 8.04. The molecule has 0 heterocycles. The van der Waals surface area contributed by atoms with Crippen LogP contribution >= 0.6 is 23.4 Å². The first kappa shape index (κ1) is 17.4. The molecule has 0 fully saturated rings. The van der Waals surface area contributed by atoms with Crippen molar-refractivity contribution in [2.45, 2.75) is 24.0 Å². The van der Waals surface area contributed by atoms with E-state index in [0.29, 0.717) is 16.4 Å². The quantitative estimate of drug-likeness (QED) is 0.786. The van der Waals surface area contributed by atoms with Crippen molar-refractivity contribution in [1.29, 1.82) is 0 Å². The van der Waals surface area contributed by atoms with Crippen molar-refractivity contribution in [2.24, 2.45) is 0 Å². The minimum absolute atomic E-state index is 0.0859. The zero-order valence-electron chi connectivity index (χ0n) is 12.8. The number of hydrogen-bond acceptors (Lipinski definition) is 3. The molecule has 2 N–H and O–H groups in total. The van der Waals surface area contributed by atoms with E-state index in [4.69, 9.17) is 11.6 Å². The minimum atomic E-state index is -0.244. The topological polar surface area (TPSA) is 58.2 Å². The monoisotopic (exact) mass is 348 g/mol. The Morgan fingerprint density at radius 2 is 1.48 bits per heavy atom. The Morgan fingerprint density at radius 1 is 0.957 bits per heavy atom. The number of anilines is 2. The third-order valence-corrected chi connectivity index (χ3v) is 4.33. The second-order valence-corrected chi connectivity index (χ2v) is 6.81. The van der Waals surface area contributed by atoms with Crippen LogP contribution in [0.4, 0.5) is 11.4 Å². The third kappa shape index (κ3) is 5.62. The van der Waals surface area contributed by atoms with Crippen LogP contribution in [0, 0.1) is 0 Å². The molecule has 23 heavy (non-hydrogen) atoms. The Bertz CT molecular complexity index is 687. The van der Waals surface area contributed by atoms with Gasteiger partial charge in [0.15, 0.2) is 0 Å². The number of carbonyl (C=O) groups is 2. The molecule has 2 aromatic carbocycles. The molecule has 1 unspecified atom stereocenters. The van der Waals surface area contributed by atoms with Gasteiger partial charge in [-0.2, -0.15) is 0 Å². The number of amides is 2. The van der Waals surface area contributed by atoms with Gasteiger partial charge in [0, 0.05) is 28.2 Å². The fourth-order valence-electron chi connectivity index (χ4n) is 1.85. The van der Waals surface area contributed by atoms with E-state index in [1.165, 1.54) is 18.7 Å². The SMILES string of the molecule is CC(=O)Nc1ccc(NC(=O)C(C)Sc2ccc(Cl)cc2)cc1. The average molecular weight is 349 g/mol. The number of carbonyl (C=O) groups excluding carboxylic acids is 2. The summed E-state index contributed by atoms with van der Waals surface area (Å²) in [7, 11) is 0. The molecule has 0 aliphatic heterocycles. The summed E-state index contributed by atoms with van der Waals surface area (Å²) < 4.78 is 0. The van der Waals surface area contributed by atoms with Crippen molar-refractivity contribution in [2.75, 3.05) is 10.6 Å². The van der Waals surface area contributed by atoms with Gasteiger partial charge in [-0.05, 0) is 55.5 Å². The van der Waals surface area contributed by atoms with Gasteiger partial charge in [-0.3, -0.25) is 9.59 Å². The van der Waals surface area contributed by atoms with Gasteiger partial charge >= 0.3 is 0 Å². The van der Waals surface area contributed by atoms with Crippen molar-refractivity contribution >= 4 is 46.6 Å². The summed E-state index contributed by atoms with van der Waals surface area (Å²) in [5, 5.41) is 5.96. The van der Waals surface area contributed by atoms with E-state index in [1.807, 2.05) is 19.1 Å². The Balaban J connectivity index is 1.92. The van der Waals surface area contributed by atoms with Gasteiger partial charge in [0.1, 0.15) is 0 Å². The van der Waals surface area contributed by atoms with E-state index in [0.717, 1.165) is 4.90 Å². The van der Waals surface area contributed by atoms with Crippen LogP contribution < -0.4 is 10.6 Å². The fraction of sp³-hybridized carbons (Fsp3) is 0.176. The number of nitrogens with one attached hydrogen (secondary N) is 2. The van der Waals surface area contributed by atoms with Gasteiger partial charge in [0.05, 0.1) is 5.25 Å². The lowest BCUT2D eigenvalue weighted by Crippen LogP contribution is -2.22. The van der Waals surface area contributed by atoms with E-state index in [2.05, 4.69) is 10.6 Å².